The molecule has 1 heterocycles. The van der Waals surface area contributed by atoms with Crippen LogP contribution in [0, 0.1) is 23.2 Å². The normalized spacial score (nSPS) is 28.2. The number of rotatable bonds is 6. The first-order valence-electron chi connectivity index (χ1n) is 9.23. The number of aliphatic hydroxyl groups excluding tert-OH is 1. The third-order valence-electron chi connectivity index (χ3n) is 5.49. The lowest BCUT2D eigenvalue weighted by Crippen LogP contribution is -2.42. The number of ether oxygens (including phenoxy) is 2. The monoisotopic (exact) mass is 358 g/mol. The van der Waals surface area contributed by atoms with E-state index < -0.39 is 6.10 Å². The lowest BCUT2D eigenvalue weighted by atomic mass is 9.78. The number of unbranched alkanes of at least 4 members (excludes halogenated alkanes) is 1. The second-order valence-electron chi connectivity index (χ2n) is 7.25. The molecule has 26 heavy (non-hydrogen) atoms. The van der Waals surface area contributed by atoms with Crippen molar-refractivity contribution in [2.45, 2.75) is 37.9 Å². The van der Waals surface area contributed by atoms with Gasteiger partial charge in [0, 0.05) is 19.5 Å². The number of methoxy groups -OCH3 is 1. The van der Waals surface area contributed by atoms with E-state index >= 15 is 0 Å². The van der Waals surface area contributed by atoms with Crippen LogP contribution in [0.5, 0.6) is 5.75 Å². The highest BCUT2D eigenvalue weighted by atomic mass is 16.5. The third kappa shape index (κ3) is 4.35. The Morgan fingerprint density at radius 3 is 2.62 bits per heavy atom. The summed E-state index contributed by atoms with van der Waals surface area (Å²) < 4.78 is 10.7. The Kier molecular flexibility index (Phi) is 6.12. The van der Waals surface area contributed by atoms with Gasteiger partial charge in [-0.3, -0.25) is 0 Å². The molecule has 140 valence electrons. The van der Waals surface area contributed by atoms with Gasteiger partial charge in [-0.15, -0.1) is 0 Å². The topological polar surface area (TPSA) is 82.8 Å². The van der Waals surface area contributed by atoms with E-state index in [1.807, 2.05) is 0 Å². The maximum Gasteiger partial charge on any atom is 0.337 e. The van der Waals surface area contributed by atoms with Gasteiger partial charge in [-0.1, -0.05) is 0 Å². The van der Waals surface area contributed by atoms with Crippen molar-refractivity contribution in [2.75, 3.05) is 26.7 Å². The zero-order chi connectivity index (χ0) is 18.5. The van der Waals surface area contributed by atoms with Crippen molar-refractivity contribution in [3.05, 3.63) is 29.8 Å². The van der Waals surface area contributed by atoms with Gasteiger partial charge in [0.25, 0.3) is 0 Å². The molecule has 0 spiro atoms. The van der Waals surface area contributed by atoms with Crippen LogP contribution in [-0.4, -0.2) is 54.9 Å². The standard InChI is InChI=1S/C20H26N2O4/c1-25-20(24)14-4-6-17(7-5-14)26-19-11-16-13-22(9-3-2-8-21)12-15(16)10-18(19)23/h4-7,15-16,18-19,23H,2-3,9-13H2,1H3/t15-,16+,18+,19+/m0/s1. The van der Waals surface area contributed by atoms with Crippen LogP contribution in [0.25, 0.3) is 0 Å². The number of nitriles is 1. The summed E-state index contributed by atoms with van der Waals surface area (Å²) in [5, 5.41) is 19.2. The van der Waals surface area contributed by atoms with Crippen molar-refractivity contribution in [1.29, 1.82) is 5.26 Å². The molecule has 0 radical (unpaired) electrons. The largest absolute Gasteiger partial charge is 0.488 e. The molecule has 1 saturated carbocycles. The van der Waals surface area contributed by atoms with E-state index in [0.717, 1.165) is 38.9 Å². The Morgan fingerprint density at radius 1 is 1.27 bits per heavy atom. The smallest absolute Gasteiger partial charge is 0.337 e. The summed E-state index contributed by atoms with van der Waals surface area (Å²) in [6.45, 7) is 2.98. The minimum absolute atomic E-state index is 0.223. The third-order valence-corrected chi connectivity index (χ3v) is 5.49. The van der Waals surface area contributed by atoms with Crippen LogP contribution in [0.15, 0.2) is 24.3 Å². The molecule has 6 heteroatoms. The van der Waals surface area contributed by atoms with Crippen molar-refractivity contribution >= 4 is 5.97 Å². The number of carbonyl (C=O) groups is 1. The van der Waals surface area contributed by atoms with Gasteiger partial charge in [0.05, 0.1) is 24.8 Å². The van der Waals surface area contributed by atoms with E-state index in [4.69, 9.17) is 14.7 Å². The van der Waals surface area contributed by atoms with Crippen LogP contribution >= 0.6 is 0 Å². The highest BCUT2D eigenvalue weighted by Crippen LogP contribution is 2.38. The van der Waals surface area contributed by atoms with Gasteiger partial charge in [-0.2, -0.15) is 5.26 Å². The fourth-order valence-electron chi connectivity index (χ4n) is 4.14. The molecule has 4 atom stereocenters. The molecule has 3 rings (SSSR count). The van der Waals surface area contributed by atoms with Crippen molar-refractivity contribution < 1.29 is 19.4 Å². The molecule has 2 aliphatic rings. The quantitative estimate of drug-likeness (QED) is 0.620. The second-order valence-corrected chi connectivity index (χ2v) is 7.25. The average Bonchev–Trinajstić information content (AvgIpc) is 3.03. The average molecular weight is 358 g/mol. The molecule has 0 aromatic heterocycles. The van der Waals surface area contributed by atoms with E-state index in [9.17, 15) is 9.90 Å². The van der Waals surface area contributed by atoms with E-state index in [2.05, 4.69) is 11.0 Å². The summed E-state index contributed by atoms with van der Waals surface area (Å²) in [6.07, 6.45) is 2.39. The first-order chi connectivity index (χ1) is 12.6. The van der Waals surface area contributed by atoms with Gasteiger partial charge in [0.1, 0.15) is 11.9 Å². The number of benzene rings is 1. The molecule has 0 unspecified atom stereocenters. The first kappa shape index (κ1) is 18.7. The maximum absolute atomic E-state index is 11.5. The maximum atomic E-state index is 11.5. The van der Waals surface area contributed by atoms with Crippen LogP contribution in [0.1, 0.15) is 36.0 Å². The number of aliphatic hydroxyl groups is 1. The summed E-state index contributed by atoms with van der Waals surface area (Å²) in [7, 11) is 1.35. The summed E-state index contributed by atoms with van der Waals surface area (Å²) in [6, 6.07) is 9.03. The van der Waals surface area contributed by atoms with Crippen molar-refractivity contribution in [3.63, 3.8) is 0 Å². The fraction of sp³-hybridized carbons (Fsp3) is 0.600. The minimum Gasteiger partial charge on any atom is -0.488 e. The number of fused-ring (bicyclic) bond motifs is 1. The Morgan fingerprint density at radius 2 is 1.96 bits per heavy atom. The Hall–Kier alpha value is -2.10. The summed E-state index contributed by atoms with van der Waals surface area (Å²) in [5.41, 5.74) is 0.480. The molecule has 6 nitrogen and oxygen atoms in total. The Balaban J connectivity index is 1.55. The van der Waals surface area contributed by atoms with Crippen molar-refractivity contribution in [3.8, 4) is 11.8 Å². The van der Waals surface area contributed by atoms with Crippen LogP contribution in [0.3, 0.4) is 0 Å². The van der Waals surface area contributed by atoms with Crippen LogP contribution in [0.2, 0.25) is 0 Å². The summed E-state index contributed by atoms with van der Waals surface area (Å²) in [4.78, 5) is 13.9. The number of hydrogen-bond donors (Lipinski definition) is 1. The second kappa shape index (κ2) is 8.52. The molecule has 1 saturated heterocycles. The summed E-state index contributed by atoms with van der Waals surface area (Å²) in [5.74, 6) is 1.32. The number of carbonyl (C=O) groups excluding carboxylic acids is 1. The van der Waals surface area contributed by atoms with E-state index in [0.29, 0.717) is 29.6 Å². The van der Waals surface area contributed by atoms with Gasteiger partial charge in [0.15, 0.2) is 0 Å². The molecule has 1 N–H and O–H groups in total. The van der Waals surface area contributed by atoms with E-state index in [1.54, 1.807) is 24.3 Å². The molecule has 1 aromatic rings. The number of nitrogens with zero attached hydrogens (tertiary/aromatic N) is 2. The summed E-state index contributed by atoms with van der Waals surface area (Å²) >= 11 is 0. The minimum atomic E-state index is -0.476. The van der Waals surface area contributed by atoms with Gasteiger partial charge < -0.3 is 19.5 Å². The number of esters is 1. The Bertz CT molecular complexity index is 655. The lowest BCUT2D eigenvalue weighted by Gasteiger charge is -2.35. The predicted molar refractivity (Wildman–Crippen MR) is 95.7 cm³/mol. The zero-order valence-electron chi connectivity index (χ0n) is 15.1. The van der Waals surface area contributed by atoms with Gasteiger partial charge in [-0.25, -0.2) is 4.79 Å². The van der Waals surface area contributed by atoms with E-state index in [-0.39, 0.29) is 12.1 Å². The molecular weight excluding hydrogens is 332 g/mol. The molecule has 0 bridgehead atoms. The zero-order valence-corrected chi connectivity index (χ0v) is 15.1. The predicted octanol–water partition coefficient (Wildman–Crippen LogP) is 2.23. The lowest BCUT2D eigenvalue weighted by molar-refractivity contribution is -0.0231. The van der Waals surface area contributed by atoms with Crippen LogP contribution < -0.4 is 4.74 Å². The van der Waals surface area contributed by atoms with Gasteiger partial charge in [-0.05, 0) is 61.9 Å². The number of likely N-dealkylation sites (tertiary alicyclic amines) is 1. The fourth-order valence-corrected chi connectivity index (χ4v) is 4.14. The number of hydrogen-bond acceptors (Lipinski definition) is 6. The van der Waals surface area contributed by atoms with Crippen LogP contribution in [-0.2, 0) is 4.74 Å². The molecule has 2 fully saturated rings. The van der Waals surface area contributed by atoms with Gasteiger partial charge >= 0.3 is 5.97 Å². The Labute approximate surface area is 154 Å². The van der Waals surface area contributed by atoms with Crippen molar-refractivity contribution in [1.82, 2.24) is 4.90 Å². The van der Waals surface area contributed by atoms with Gasteiger partial charge in [0.2, 0.25) is 0 Å². The first-order valence-corrected chi connectivity index (χ1v) is 9.23. The molecular formula is C20H26N2O4. The molecule has 1 aromatic carbocycles. The highest BCUT2D eigenvalue weighted by Gasteiger charge is 2.42. The molecule has 0 amide bonds. The highest BCUT2D eigenvalue weighted by molar-refractivity contribution is 5.89. The van der Waals surface area contributed by atoms with Crippen LogP contribution in [0.4, 0.5) is 0 Å². The molecule has 1 aliphatic heterocycles. The van der Waals surface area contributed by atoms with E-state index in [1.165, 1.54) is 7.11 Å². The van der Waals surface area contributed by atoms with Crippen molar-refractivity contribution in [2.24, 2.45) is 11.8 Å². The SMILES string of the molecule is COC(=O)c1ccc(O[C@@H]2C[C@@H]3CN(CCCC#N)C[C@@H]3C[C@H]2O)cc1. The molecule has 1 aliphatic carbocycles.